The molecule has 160 valence electrons. The Kier molecular flexibility index (Phi) is 6.69. The highest BCUT2D eigenvalue weighted by molar-refractivity contribution is 6.30. The molecule has 2 nitrogen and oxygen atoms in total. The molecule has 4 heteroatoms. The fraction of sp³-hybridized carbons (Fsp3) is 0.296. The Morgan fingerprint density at radius 3 is 2.06 bits per heavy atom. The van der Waals surface area contributed by atoms with E-state index in [0.717, 1.165) is 34.3 Å². The van der Waals surface area contributed by atoms with Crippen LogP contribution in [0.4, 0.5) is 0 Å². The lowest BCUT2D eigenvalue weighted by atomic mass is 9.94. The fourth-order valence-electron chi connectivity index (χ4n) is 4.19. The lowest BCUT2D eigenvalue weighted by molar-refractivity contribution is 0.572. The summed E-state index contributed by atoms with van der Waals surface area (Å²) in [5, 5.41) is 5.20. The highest BCUT2D eigenvalue weighted by Gasteiger charge is 2.32. The minimum atomic E-state index is -0.0359. The van der Waals surface area contributed by atoms with Crippen molar-refractivity contribution in [3.05, 3.63) is 105 Å². The van der Waals surface area contributed by atoms with Crippen molar-refractivity contribution in [2.45, 2.75) is 45.7 Å². The van der Waals surface area contributed by atoms with E-state index in [-0.39, 0.29) is 12.1 Å². The van der Waals surface area contributed by atoms with Gasteiger partial charge >= 0.3 is 0 Å². The molecule has 4 rings (SSSR count). The molecule has 1 N–H and O–H groups in total. The Morgan fingerprint density at radius 2 is 1.48 bits per heavy atom. The van der Waals surface area contributed by atoms with E-state index in [9.17, 15) is 0 Å². The van der Waals surface area contributed by atoms with Crippen molar-refractivity contribution >= 4 is 29.0 Å². The predicted octanol–water partition coefficient (Wildman–Crippen LogP) is 7.59. The maximum absolute atomic E-state index is 6.15. The van der Waals surface area contributed by atoms with Crippen LogP contribution in [0, 0.1) is 5.92 Å². The molecule has 1 heterocycles. The van der Waals surface area contributed by atoms with E-state index in [1.165, 1.54) is 22.3 Å². The highest BCUT2D eigenvalue weighted by Crippen LogP contribution is 2.38. The van der Waals surface area contributed by atoms with E-state index >= 15 is 0 Å². The largest absolute Gasteiger partial charge is 0.361 e. The SMILES string of the molecule is CCc1ccc(C2=N[C@H](c3ccc(Cl)cc3)[C@H](c3ccc(Cl)cc3)N2)c(CC(C)C)c1. The molecule has 0 bridgehead atoms. The molecule has 0 amide bonds. The number of amidine groups is 1. The lowest BCUT2D eigenvalue weighted by Crippen LogP contribution is -2.26. The number of nitrogens with one attached hydrogen (secondary N) is 1. The van der Waals surface area contributed by atoms with E-state index in [4.69, 9.17) is 28.2 Å². The minimum absolute atomic E-state index is 0.0335. The van der Waals surface area contributed by atoms with Gasteiger partial charge in [0, 0.05) is 15.6 Å². The zero-order valence-corrected chi connectivity index (χ0v) is 19.7. The van der Waals surface area contributed by atoms with Gasteiger partial charge in [0.1, 0.15) is 11.9 Å². The second-order valence-corrected chi connectivity index (χ2v) is 9.46. The van der Waals surface area contributed by atoms with Gasteiger partial charge in [-0.05, 0) is 65.3 Å². The van der Waals surface area contributed by atoms with Crippen molar-refractivity contribution in [2.24, 2.45) is 10.9 Å². The van der Waals surface area contributed by atoms with E-state index in [0.29, 0.717) is 5.92 Å². The topological polar surface area (TPSA) is 24.4 Å². The molecular weight excluding hydrogens is 423 g/mol. The first-order valence-electron chi connectivity index (χ1n) is 10.9. The molecular formula is C27H28Cl2N2. The number of nitrogens with zero attached hydrogens (tertiary/aromatic N) is 1. The summed E-state index contributed by atoms with van der Waals surface area (Å²) in [6, 6.07) is 22.8. The number of hydrogen-bond acceptors (Lipinski definition) is 2. The monoisotopic (exact) mass is 450 g/mol. The van der Waals surface area contributed by atoms with Crippen LogP contribution >= 0.6 is 23.2 Å². The summed E-state index contributed by atoms with van der Waals surface area (Å²) in [4.78, 5) is 5.19. The van der Waals surface area contributed by atoms with Crippen molar-refractivity contribution in [1.29, 1.82) is 0 Å². The predicted molar refractivity (Wildman–Crippen MR) is 132 cm³/mol. The van der Waals surface area contributed by atoms with Crippen LogP contribution in [0.1, 0.15) is 60.7 Å². The summed E-state index contributed by atoms with van der Waals surface area (Å²) in [5.41, 5.74) is 6.22. The minimum Gasteiger partial charge on any atom is -0.361 e. The van der Waals surface area contributed by atoms with E-state index in [2.05, 4.69) is 68.6 Å². The molecule has 1 aliphatic rings. The summed E-state index contributed by atoms with van der Waals surface area (Å²) in [7, 11) is 0. The molecule has 1 aliphatic heterocycles. The summed E-state index contributed by atoms with van der Waals surface area (Å²) in [6.45, 7) is 6.73. The maximum Gasteiger partial charge on any atom is 0.129 e. The van der Waals surface area contributed by atoms with Crippen LogP contribution in [-0.2, 0) is 12.8 Å². The second kappa shape index (κ2) is 9.46. The molecule has 3 aromatic rings. The van der Waals surface area contributed by atoms with E-state index in [1.807, 2.05) is 24.3 Å². The Hall–Kier alpha value is -2.29. The molecule has 0 aliphatic carbocycles. The third-order valence-electron chi connectivity index (χ3n) is 5.78. The summed E-state index contributed by atoms with van der Waals surface area (Å²) in [6.07, 6.45) is 2.06. The van der Waals surface area contributed by atoms with Crippen molar-refractivity contribution in [2.75, 3.05) is 0 Å². The first-order valence-corrected chi connectivity index (χ1v) is 11.7. The fourth-order valence-corrected chi connectivity index (χ4v) is 4.45. The Bertz CT molecular complexity index is 1070. The van der Waals surface area contributed by atoms with Crippen LogP contribution < -0.4 is 5.32 Å². The van der Waals surface area contributed by atoms with Gasteiger partial charge in [0.15, 0.2) is 0 Å². The van der Waals surface area contributed by atoms with Crippen molar-refractivity contribution < 1.29 is 0 Å². The highest BCUT2D eigenvalue weighted by atomic mass is 35.5. The first kappa shape index (κ1) is 21.9. The third kappa shape index (κ3) is 4.97. The van der Waals surface area contributed by atoms with Gasteiger partial charge in [0.05, 0.1) is 6.04 Å². The Morgan fingerprint density at radius 1 is 0.871 bits per heavy atom. The Balaban J connectivity index is 1.77. The van der Waals surface area contributed by atoms with Gasteiger partial charge in [0.2, 0.25) is 0 Å². The smallest absolute Gasteiger partial charge is 0.129 e. The molecule has 0 aromatic heterocycles. The van der Waals surface area contributed by atoms with Crippen LogP contribution in [0.5, 0.6) is 0 Å². The van der Waals surface area contributed by atoms with Crippen LogP contribution in [0.25, 0.3) is 0 Å². The summed E-state index contributed by atoms with van der Waals surface area (Å²) >= 11 is 12.3. The van der Waals surface area contributed by atoms with E-state index in [1.54, 1.807) is 0 Å². The van der Waals surface area contributed by atoms with Crippen LogP contribution in [0.15, 0.2) is 71.7 Å². The number of aliphatic imine (C=N–C) groups is 1. The second-order valence-electron chi connectivity index (χ2n) is 8.59. The van der Waals surface area contributed by atoms with Crippen molar-refractivity contribution in [3.63, 3.8) is 0 Å². The van der Waals surface area contributed by atoms with Crippen molar-refractivity contribution in [1.82, 2.24) is 5.32 Å². The molecule has 0 saturated carbocycles. The zero-order chi connectivity index (χ0) is 22.0. The quantitative estimate of drug-likeness (QED) is 0.410. The first-order chi connectivity index (χ1) is 14.9. The van der Waals surface area contributed by atoms with Gasteiger partial charge in [-0.3, -0.25) is 4.99 Å². The summed E-state index contributed by atoms with van der Waals surface area (Å²) in [5.74, 6) is 1.53. The van der Waals surface area contributed by atoms with Gasteiger partial charge in [-0.25, -0.2) is 0 Å². The number of halogens is 2. The molecule has 0 spiro atoms. The van der Waals surface area contributed by atoms with Gasteiger partial charge < -0.3 is 5.32 Å². The van der Waals surface area contributed by atoms with E-state index < -0.39 is 0 Å². The molecule has 2 atom stereocenters. The number of rotatable bonds is 6. The number of hydrogen-bond donors (Lipinski definition) is 1. The summed E-state index contributed by atoms with van der Waals surface area (Å²) < 4.78 is 0. The Labute approximate surface area is 195 Å². The molecule has 3 aromatic carbocycles. The molecule has 0 unspecified atom stereocenters. The zero-order valence-electron chi connectivity index (χ0n) is 18.2. The maximum atomic E-state index is 6.15. The molecule has 31 heavy (non-hydrogen) atoms. The molecule has 0 saturated heterocycles. The number of aryl methyl sites for hydroxylation is 1. The third-order valence-corrected chi connectivity index (χ3v) is 6.28. The van der Waals surface area contributed by atoms with Crippen LogP contribution in [0.2, 0.25) is 10.0 Å². The van der Waals surface area contributed by atoms with Crippen molar-refractivity contribution in [3.8, 4) is 0 Å². The normalized spacial score (nSPS) is 18.2. The van der Waals surface area contributed by atoms with Crippen LogP contribution in [-0.4, -0.2) is 5.84 Å². The van der Waals surface area contributed by atoms with Crippen LogP contribution in [0.3, 0.4) is 0 Å². The standard InChI is InChI=1S/C27H28Cl2N2/c1-4-18-5-14-24(21(16-18)15-17(2)3)27-30-25(19-6-10-22(28)11-7-19)26(31-27)20-8-12-23(29)13-9-20/h5-14,16-17,25-26H,4,15H2,1-3H3,(H,30,31)/t25-,26+. The van der Waals surface area contributed by atoms with Gasteiger partial charge in [-0.2, -0.15) is 0 Å². The average molecular weight is 451 g/mol. The number of benzene rings is 3. The van der Waals surface area contributed by atoms with Gasteiger partial charge in [-0.15, -0.1) is 0 Å². The van der Waals surface area contributed by atoms with Gasteiger partial charge in [0.25, 0.3) is 0 Å². The lowest BCUT2D eigenvalue weighted by Gasteiger charge is -2.20. The molecule has 0 fully saturated rings. The van der Waals surface area contributed by atoms with Gasteiger partial charge in [-0.1, -0.05) is 86.4 Å². The molecule has 0 radical (unpaired) electrons. The average Bonchev–Trinajstić information content (AvgIpc) is 3.19.